The number of hydrogen-bond donors (Lipinski definition) is 1. The Kier molecular flexibility index (Phi) is 7.18. The minimum Gasteiger partial charge on any atom is -0.465 e. The Hall–Kier alpha value is -3.34. The number of methoxy groups -OCH3 is 1. The molecule has 0 atom stereocenters. The number of thiazole rings is 2. The average Bonchev–Trinajstić information content (AvgIpc) is 3.34. The van der Waals surface area contributed by atoms with E-state index in [1.54, 1.807) is 28.1 Å². The first-order chi connectivity index (χ1) is 15.2. The van der Waals surface area contributed by atoms with E-state index in [0.29, 0.717) is 15.8 Å². The molecule has 0 radical (unpaired) electrons. The number of carbonyl (C=O) groups is 3. The first-order valence-corrected chi connectivity index (χ1v) is 12.4. The quantitative estimate of drug-likeness (QED) is 0.385. The van der Waals surface area contributed by atoms with Gasteiger partial charge in [0.25, 0.3) is 5.91 Å². The van der Waals surface area contributed by atoms with Gasteiger partial charge < -0.3 is 14.6 Å². The van der Waals surface area contributed by atoms with Crippen LogP contribution in [-0.4, -0.2) is 54.4 Å². The van der Waals surface area contributed by atoms with Gasteiger partial charge in [-0.2, -0.15) is 4.99 Å². The van der Waals surface area contributed by atoms with Gasteiger partial charge in [0.1, 0.15) is 11.5 Å². The molecule has 0 fully saturated rings. The Bertz CT molecular complexity index is 1390. The zero-order chi connectivity index (χ0) is 23.3. The number of rotatable bonds is 7. The van der Waals surface area contributed by atoms with Crippen molar-refractivity contribution in [3.8, 4) is 12.3 Å². The highest BCUT2D eigenvalue weighted by Gasteiger charge is 2.21. The first kappa shape index (κ1) is 23.3. The molecule has 1 aromatic carbocycles. The number of anilines is 1. The van der Waals surface area contributed by atoms with Gasteiger partial charge in [-0.25, -0.2) is 18.2 Å². The number of sulfone groups is 1. The summed E-state index contributed by atoms with van der Waals surface area (Å²) in [5.41, 5.74) is 0.929. The smallest absolute Gasteiger partial charge is 0.337 e. The van der Waals surface area contributed by atoms with Crippen LogP contribution in [0.5, 0.6) is 0 Å². The number of amides is 2. The molecule has 2 amide bonds. The lowest BCUT2D eigenvalue weighted by Crippen LogP contribution is -2.28. The van der Waals surface area contributed by atoms with Crippen LogP contribution in [0.3, 0.4) is 0 Å². The third kappa shape index (κ3) is 5.67. The van der Waals surface area contributed by atoms with Crippen LogP contribution in [0.1, 0.15) is 10.4 Å². The van der Waals surface area contributed by atoms with Gasteiger partial charge in [-0.05, 0) is 18.2 Å². The minimum absolute atomic E-state index is 0.0760. The van der Waals surface area contributed by atoms with Crippen molar-refractivity contribution in [2.75, 3.05) is 23.9 Å². The van der Waals surface area contributed by atoms with Gasteiger partial charge in [0.15, 0.2) is 19.8 Å². The summed E-state index contributed by atoms with van der Waals surface area (Å²) < 4.78 is 31.4. The molecule has 0 bridgehead atoms. The molecule has 0 saturated carbocycles. The summed E-state index contributed by atoms with van der Waals surface area (Å²) in [6.45, 7) is 0.0760. The van der Waals surface area contributed by atoms with Gasteiger partial charge in [-0.1, -0.05) is 17.3 Å². The number of nitrogens with one attached hydrogen (secondary N) is 1. The van der Waals surface area contributed by atoms with Crippen molar-refractivity contribution >= 4 is 65.6 Å². The summed E-state index contributed by atoms with van der Waals surface area (Å²) >= 11 is 2.20. The Morgan fingerprint density at radius 2 is 2.09 bits per heavy atom. The molecule has 2 aromatic heterocycles. The van der Waals surface area contributed by atoms with E-state index in [2.05, 4.69) is 21.2 Å². The molecular formula is C19H16N4O6S3. The standard InChI is InChI=1S/C19H16N4O6S3/c1-3-7-23-13-5-4-12(17(26)29-2)9-14(13)31-19(23)22-16(25)11-32(27,28)10-15(24)21-18-20-6-8-30-18/h1,4-6,8-9H,7,10-11H2,2H3,(H,20,21,24). The molecule has 0 saturated heterocycles. The van der Waals surface area contributed by atoms with Crippen molar-refractivity contribution in [3.05, 3.63) is 40.1 Å². The highest BCUT2D eigenvalue weighted by Crippen LogP contribution is 2.20. The summed E-state index contributed by atoms with van der Waals surface area (Å²) in [6.07, 6.45) is 6.87. The maximum Gasteiger partial charge on any atom is 0.337 e. The SMILES string of the molecule is C#CCn1c(=NC(=O)CS(=O)(=O)CC(=O)Nc2nccs2)sc2cc(C(=O)OC)ccc21. The van der Waals surface area contributed by atoms with Crippen molar-refractivity contribution in [2.45, 2.75) is 6.54 Å². The summed E-state index contributed by atoms with van der Waals surface area (Å²) in [5.74, 6) is -1.65. The Labute approximate surface area is 190 Å². The number of aromatic nitrogens is 2. The van der Waals surface area contributed by atoms with E-state index in [9.17, 15) is 22.8 Å². The predicted octanol–water partition coefficient (Wildman–Crippen LogP) is 1.06. The molecule has 0 unspecified atom stereocenters. The van der Waals surface area contributed by atoms with E-state index in [4.69, 9.17) is 11.2 Å². The fraction of sp³-hybridized carbons (Fsp3) is 0.211. The van der Waals surface area contributed by atoms with Crippen molar-refractivity contribution in [1.29, 1.82) is 0 Å². The fourth-order valence-electron chi connectivity index (χ4n) is 2.67. The number of benzene rings is 1. The Morgan fingerprint density at radius 3 is 2.75 bits per heavy atom. The lowest BCUT2D eigenvalue weighted by Gasteiger charge is -2.03. The summed E-state index contributed by atoms with van der Waals surface area (Å²) in [5, 5.41) is 4.23. The lowest BCUT2D eigenvalue weighted by molar-refractivity contribution is -0.115. The van der Waals surface area contributed by atoms with Gasteiger partial charge in [0.2, 0.25) is 5.91 Å². The molecule has 13 heteroatoms. The number of ether oxygens (including phenoxy) is 1. The second-order valence-electron chi connectivity index (χ2n) is 6.27. The molecular weight excluding hydrogens is 476 g/mol. The second kappa shape index (κ2) is 9.86. The van der Waals surface area contributed by atoms with E-state index in [1.807, 2.05) is 0 Å². The largest absolute Gasteiger partial charge is 0.465 e. The van der Waals surface area contributed by atoms with Gasteiger partial charge in [0.05, 0.1) is 29.4 Å². The summed E-state index contributed by atoms with van der Waals surface area (Å²) in [7, 11) is -2.80. The molecule has 3 aromatic rings. The van der Waals surface area contributed by atoms with Crippen molar-refractivity contribution in [3.63, 3.8) is 0 Å². The maximum absolute atomic E-state index is 12.4. The van der Waals surface area contributed by atoms with Crippen LogP contribution in [-0.2, 0) is 30.7 Å². The molecule has 0 aliphatic carbocycles. The molecule has 10 nitrogen and oxygen atoms in total. The molecule has 166 valence electrons. The van der Waals surface area contributed by atoms with Crippen LogP contribution < -0.4 is 10.1 Å². The van der Waals surface area contributed by atoms with E-state index >= 15 is 0 Å². The van der Waals surface area contributed by atoms with E-state index in [1.165, 1.54) is 13.3 Å². The number of fused-ring (bicyclic) bond motifs is 1. The van der Waals surface area contributed by atoms with Crippen LogP contribution in [0.25, 0.3) is 10.2 Å². The molecule has 3 rings (SSSR count). The van der Waals surface area contributed by atoms with E-state index < -0.39 is 39.1 Å². The van der Waals surface area contributed by atoms with Gasteiger partial charge in [-0.15, -0.1) is 17.8 Å². The molecule has 0 aliphatic heterocycles. The molecule has 0 spiro atoms. The summed E-state index contributed by atoms with van der Waals surface area (Å²) in [6, 6.07) is 4.76. The number of hydrogen-bond acceptors (Lipinski definition) is 9. The Morgan fingerprint density at radius 1 is 1.31 bits per heavy atom. The third-order valence-electron chi connectivity index (χ3n) is 3.95. The molecule has 32 heavy (non-hydrogen) atoms. The number of esters is 1. The Balaban J connectivity index is 1.84. The van der Waals surface area contributed by atoms with Crippen LogP contribution in [0.2, 0.25) is 0 Å². The van der Waals surface area contributed by atoms with E-state index in [-0.39, 0.29) is 16.5 Å². The first-order valence-electron chi connectivity index (χ1n) is 8.85. The molecule has 2 heterocycles. The average molecular weight is 493 g/mol. The fourth-order valence-corrected chi connectivity index (χ4v) is 5.31. The lowest BCUT2D eigenvalue weighted by atomic mass is 10.2. The highest BCUT2D eigenvalue weighted by atomic mass is 32.2. The second-order valence-corrected chi connectivity index (χ2v) is 10.2. The van der Waals surface area contributed by atoms with Crippen molar-refractivity contribution in [2.24, 2.45) is 4.99 Å². The normalized spacial score (nSPS) is 11.8. The molecule has 1 N–H and O–H groups in total. The van der Waals surface area contributed by atoms with Crippen LogP contribution in [0.4, 0.5) is 5.13 Å². The number of carbonyl (C=O) groups excluding carboxylic acids is 3. The monoisotopic (exact) mass is 492 g/mol. The van der Waals surface area contributed by atoms with Gasteiger partial charge in [-0.3, -0.25) is 9.59 Å². The van der Waals surface area contributed by atoms with Gasteiger partial charge >= 0.3 is 5.97 Å². The van der Waals surface area contributed by atoms with E-state index in [0.717, 1.165) is 22.7 Å². The van der Waals surface area contributed by atoms with Crippen molar-refractivity contribution in [1.82, 2.24) is 9.55 Å². The molecule has 0 aliphatic rings. The third-order valence-corrected chi connectivity index (χ3v) is 7.07. The minimum atomic E-state index is -4.06. The number of terminal acetylenes is 1. The zero-order valence-electron chi connectivity index (χ0n) is 16.6. The number of nitrogens with zero attached hydrogens (tertiary/aromatic N) is 3. The van der Waals surface area contributed by atoms with Crippen molar-refractivity contribution < 1.29 is 27.5 Å². The van der Waals surface area contributed by atoms with Gasteiger partial charge in [0, 0.05) is 11.6 Å². The predicted molar refractivity (Wildman–Crippen MR) is 120 cm³/mol. The van der Waals surface area contributed by atoms with Crippen LogP contribution >= 0.6 is 22.7 Å². The topological polar surface area (TPSA) is 137 Å². The maximum atomic E-state index is 12.4. The summed E-state index contributed by atoms with van der Waals surface area (Å²) in [4.78, 5) is 43.9. The highest BCUT2D eigenvalue weighted by molar-refractivity contribution is 7.92. The zero-order valence-corrected chi connectivity index (χ0v) is 19.1. The van der Waals surface area contributed by atoms with Crippen LogP contribution in [0.15, 0.2) is 34.8 Å². The van der Waals surface area contributed by atoms with Crippen LogP contribution in [0, 0.1) is 12.3 Å².